The number of hydrogen-bond acceptors (Lipinski definition) is 12. The molecule has 1 fully saturated rings. The SMILES string of the molecule is CC(C)OC(=O)[C@@H](C)NCP(=O)(OC[C@H]1O[C@@H](n2cnc3c(=O)[nH]c(N)nc32)[C@H](O)[C@@H]1CF)Oc1ccccc1. The number of H-pyrrole nitrogens is 1. The third-order valence-electron chi connectivity index (χ3n) is 6.15. The first-order valence-electron chi connectivity index (χ1n) is 12.5. The normalized spacial score (nSPS) is 23.2. The number of nitrogens with zero attached hydrogens (tertiary/aromatic N) is 3. The van der Waals surface area contributed by atoms with Gasteiger partial charge in [-0.3, -0.25) is 33.4 Å². The van der Waals surface area contributed by atoms with E-state index in [1.165, 1.54) is 10.9 Å². The molecule has 14 nitrogen and oxygen atoms in total. The van der Waals surface area contributed by atoms with Crippen LogP contribution < -0.4 is 21.1 Å². The molecule has 16 heteroatoms. The van der Waals surface area contributed by atoms with Crippen molar-refractivity contribution >= 4 is 30.7 Å². The van der Waals surface area contributed by atoms with Crippen LogP contribution in [0.5, 0.6) is 5.75 Å². The molecule has 1 unspecified atom stereocenters. The van der Waals surface area contributed by atoms with E-state index >= 15 is 0 Å². The minimum atomic E-state index is -4.01. The van der Waals surface area contributed by atoms with Gasteiger partial charge in [-0.1, -0.05) is 18.2 Å². The van der Waals surface area contributed by atoms with Crippen LogP contribution in [0.15, 0.2) is 41.5 Å². The Morgan fingerprint density at radius 1 is 1.32 bits per heavy atom. The number of aliphatic hydroxyl groups is 1. The van der Waals surface area contributed by atoms with E-state index in [1.807, 2.05) is 0 Å². The summed E-state index contributed by atoms with van der Waals surface area (Å²) in [6.45, 7) is 3.53. The van der Waals surface area contributed by atoms with Crippen LogP contribution in [0, 0.1) is 5.92 Å². The fourth-order valence-corrected chi connectivity index (χ4v) is 5.63. The number of aromatic amines is 1. The third-order valence-corrected chi connectivity index (χ3v) is 7.75. The number of carbonyl (C=O) groups is 1. The Morgan fingerprint density at radius 3 is 2.73 bits per heavy atom. The number of benzene rings is 1. The zero-order chi connectivity index (χ0) is 29.0. The number of hydrogen-bond donors (Lipinski definition) is 4. The zero-order valence-corrected chi connectivity index (χ0v) is 23.0. The maximum atomic E-state index is 14.1. The van der Waals surface area contributed by atoms with E-state index in [9.17, 15) is 23.7 Å². The minimum absolute atomic E-state index is 0.0361. The second-order valence-corrected chi connectivity index (χ2v) is 11.5. The highest BCUT2D eigenvalue weighted by Crippen LogP contribution is 2.48. The lowest BCUT2D eigenvalue weighted by molar-refractivity contribution is -0.149. The van der Waals surface area contributed by atoms with Gasteiger partial charge in [-0.05, 0) is 32.9 Å². The summed E-state index contributed by atoms with van der Waals surface area (Å²) in [5.74, 6) is -1.56. The first-order valence-corrected chi connectivity index (χ1v) is 14.3. The number of nitrogens with one attached hydrogen (secondary N) is 2. The van der Waals surface area contributed by atoms with E-state index in [1.54, 1.807) is 51.1 Å². The summed E-state index contributed by atoms with van der Waals surface area (Å²) in [6, 6.07) is 7.43. The Balaban J connectivity index is 1.51. The van der Waals surface area contributed by atoms with Crippen molar-refractivity contribution in [2.24, 2.45) is 5.92 Å². The summed E-state index contributed by atoms with van der Waals surface area (Å²) in [5.41, 5.74) is 5.05. The highest BCUT2D eigenvalue weighted by molar-refractivity contribution is 7.54. The van der Waals surface area contributed by atoms with Crippen LogP contribution >= 0.6 is 7.60 Å². The number of para-hydroxylation sites is 1. The van der Waals surface area contributed by atoms with Crippen LogP contribution in [0.2, 0.25) is 0 Å². The van der Waals surface area contributed by atoms with Crippen molar-refractivity contribution in [3.63, 3.8) is 0 Å². The van der Waals surface area contributed by atoms with Gasteiger partial charge in [0.2, 0.25) is 5.95 Å². The van der Waals surface area contributed by atoms with Crippen LogP contribution in [0.3, 0.4) is 0 Å². The van der Waals surface area contributed by atoms with Crippen LogP contribution in [0.1, 0.15) is 27.0 Å². The average molecular weight is 583 g/mol. The van der Waals surface area contributed by atoms with Crippen LogP contribution in [0.25, 0.3) is 11.2 Å². The number of esters is 1. The van der Waals surface area contributed by atoms with Gasteiger partial charge in [0.15, 0.2) is 17.4 Å². The standard InChI is InChI=1S/C24H32FN6O8P/c1-13(2)37-23(34)14(3)28-12-40(35,39-15-7-5-4-6-8-15)36-10-17-16(9-25)19(32)22(38-17)31-11-27-18-20(31)29-24(26)30-21(18)33/h4-8,11,13-14,16-17,19,22,28,32H,9-10,12H2,1-3H3,(H3,26,29,30,33)/t14-,16-,17-,19-,22-,40?/m1/s1. The summed E-state index contributed by atoms with van der Waals surface area (Å²) < 4.78 is 51.6. The lowest BCUT2D eigenvalue weighted by Gasteiger charge is -2.24. The molecule has 1 aliphatic heterocycles. The molecule has 4 rings (SSSR count). The molecule has 40 heavy (non-hydrogen) atoms. The highest BCUT2D eigenvalue weighted by atomic mass is 31.2. The molecule has 2 aromatic heterocycles. The quantitative estimate of drug-likeness (QED) is 0.179. The molecule has 3 aromatic rings. The van der Waals surface area contributed by atoms with E-state index in [-0.39, 0.29) is 35.3 Å². The molecule has 1 aromatic carbocycles. The molecule has 0 aliphatic carbocycles. The molecule has 0 spiro atoms. The fraction of sp³-hybridized carbons (Fsp3) is 0.500. The van der Waals surface area contributed by atoms with E-state index in [2.05, 4.69) is 20.3 Å². The van der Waals surface area contributed by atoms with Crippen molar-refractivity contribution in [2.75, 3.05) is 25.3 Å². The van der Waals surface area contributed by atoms with Gasteiger partial charge in [0.25, 0.3) is 5.56 Å². The van der Waals surface area contributed by atoms with Crippen molar-refractivity contribution in [3.8, 4) is 5.75 Å². The number of aromatic nitrogens is 4. The molecule has 218 valence electrons. The first-order chi connectivity index (χ1) is 19.0. The molecule has 1 aliphatic rings. The number of carbonyl (C=O) groups excluding carboxylic acids is 1. The smallest absolute Gasteiger partial charge is 0.393 e. The Kier molecular flexibility index (Phi) is 9.21. The third kappa shape index (κ3) is 6.67. The molecule has 5 N–H and O–H groups in total. The molecule has 0 bridgehead atoms. The number of anilines is 1. The van der Waals surface area contributed by atoms with E-state index < -0.39 is 62.8 Å². The molecule has 0 radical (unpaired) electrons. The van der Waals surface area contributed by atoms with Gasteiger partial charge >= 0.3 is 13.6 Å². The lowest BCUT2D eigenvalue weighted by atomic mass is 10.0. The van der Waals surface area contributed by atoms with E-state index in [0.717, 1.165) is 0 Å². The second-order valence-electron chi connectivity index (χ2n) is 9.53. The number of fused-ring (bicyclic) bond motifs is 1. The minimum Gasteiger partial charge on any atom is -0.462 e. The molecule has 1 saturated heterocycles. The summed E-state index contributed by atoms with van der Waals surface area (Å²) >= 11 is 0. The summed E-state index contributed by atoms with van der Waals surface area (Å²) in [6.07, 6.45) is -3.15. The molecule has 6 atom stereocenters. The number of rotatable bonds is 12. The van der Waals surface area contributed by atoms with Crippen molar-refractivity contribution in [1.29, 1.82) is 0 Å². The number of halogens is 1. The molecular weight excluding hydrogens is 550 g/mol. The van der Waals surface area contributed by atoms with Gasteiger partial charge in [-0.15, -0.1) is 0 Å². The first kappa shape index (κ1) is 29.6. The largest absolute Gasteiger partial charge is 0.462 e. The Labute approximate surface area is 228 Å². The topological polar surface area (TPSA) is 193 Å². The molecule has 3 heterocycles. The number of aliphatic hydroxyl groups excluding tert-OH is 1. The maximum Gasteiger partial charge on any atom is 0.393 e. The van der Waals surface area contributed by atoms with Gasteiger partial charge in [0, 0.05) is 5.92 Å². The number of nitrogens with two attached hydrogens (primary N) is 1. The van der Waals surface area contributed by atoms with Crippen molar-refractivity contribution in [2.45, 2.75) is 51.4 Å². The van der Waals surface area contributed by atoms with Crippen LogP contribution in [0.4, 0.5) is 10.3 Å². The van der Waals surface area contributed by atoms with E-state index in [4.69, 9.17) is 24.3 Å². The Hall–Kier alpha value is -3.36. The van der Waals surface area contributed by atoms with Crippen LogP contribution in [-0.4, -0.2) is 74.5 Å². The predicted molar refractivity (Wildman–Crippen MR) is 141 cm³/mol. The summed E-state index contributed by atoms with van der Waals surface area (Å²) in [4.78, 5) is 34.7. The Bertz CT molecular complexity index is 1420. The van der Waals surface area contributed by atoms with Crippen molar-refractivity contribution < 1.29 is 37.4 Å². The second kappa shape index (κ2) is 12.4. The predicted octanol–water partition coefficient (Wildman–Crippen LogP) is 1.72. The number of imidazole rings is 1. The maximum absolute atomic E-state index is 14.1. The van der Waals surface area contributed by atoms with Gasteiger partial charge in [0.05, 0.1) is 31.8 Å². The monoisotopic (exact) mass is 582 g/mol. The fourth-order valence-electron chi connectivity index (χ4n) is 4.10. The van der Waals surface area contributed by atoms with Gasteiger partial charge < -0.3 is 24.8 Å². The highest BCUT2D eigenvalue weighted by Gasteiger charge is 2.46. The molecule has 0 saturated carbocycles. The van der Waals surface area contributed by atoms with Gasteiger partial charge in [-0.2, -0.15) is 4.98 Å². The number of nitrogen functional groups attached to an aromatic ring is 1. The van der Waals surface area contributed by atoms with Crippen molar-refractivity contribution in [3.05, 3.63) is 47.0 Å². The van der Waals surface area contributed by atoms with E-state index in [0.29, 0.717) is 0 Å². The van der Waals surface area contributed by atoms with Crippen molar-refractivity contribution in [1.82, 2.24) is 24.8 Å². The molecular formula is C24H32FN6O8P. The number of ether oxygens (including phenoxy) is 2. The summed E-state index contributed by atoms with van der Waals surface area (Å²) in [7, 11) is -4.01. The van der Waals surface area contributed by atoms with Gasteiger partial charge in [-0.25, -0.2) is 9.55 Å². The summed E-state index contributed by atoms with van der Waals surface area (Å²) in [5, 5.41) is 13.7. The average Bonchev–Trinajstić information content (AvgIpc) is 3.46. The Morgan fingerprint density at radius 2 is 2.05 bits per heavy atom. The number of alkyl halides is 1. The van der Waals surface area contributed by atoms with Gasteiger partial charge in [0.1, 0.15) is 24.2 Å². The molecule has 0 amide bonds. The zero-order valence-electron chi connectivity index (χ0n) is 22.1. The lowest BCUT2D eigenvalue weighted by Crippen LogP contribution is -2.38. The van der Waals surface area contributed by atoms with Crippen LogP contribution in [-0.2, 0) is 23.4 Å².